The third kappa shape index (κ3) is 4.41. The molecule has 184 valence electrons. The Morgan fingerprint density at radius 1 is 1.06 bits per heavy atom. The van der Waals surface area contributed by atoms with Crippen molar-refractivity contribution in [2.24, 2.45) is 0 Å². The predicted molar refractivity (Wildman–Crippen MR) is 128 cm³/mol. The van der Waals surface area contributed by atoms with E-state index in [1.165, 1.54) is 17.0 Å². The lowest BCUT2D eigenvalue weighted by Crippen LogP contribution is -2.31. The standard InChI is InChI=1S/C26H21F3N4O2S/c27-26(28,29)15-5-3-6-16(13-15)35-24-21(17-7-1-2-8-18(17)32-33-24)23(34)30-19-9-4-10-20-22(19)31-25(36-20)14-11-12-14/h1-3,5-8,13-14,19H,4,9-12H2,(H,30,34)/t19-/m0/s1. The number of carbonyl (C=O) groups excluding carboxylic acids is 1. The Balaban J connectivity index is 1.35. The summed E-state index contributed by atoms with van der Waals surface area (Å²) in [6.07, 6.45) is 0.443. The second kappa shape index (κ2) is 8.85. The molecule has 2 heterocycles. The Morgan fingerprint density at radius 3 is 2.69 bits per heavy atom. The average molecular weight is 511 g/mol. The van der Waals surface area contributed by atoms with Gasteiger partial charge in [-0.05, 0) is 56.4 Å². The van der Waals surface area contributed by atoms with Crippen molar-refractivity contribution < 1.29 is 22.7 Å². The highest BCUT2D eigenvalue weighted by Crippen LogP contribution is 2.45. The number of nitrogens with one attached hydrogen (secondary N) is 1. The number of benzene rings is 2. The quantitative estimate of drug-likeness (QED) is 0.328. The number of rotatable bonds is 5. The molecule has 2 aromatic heterocycles. The molecule has 1 atom stereocenters. The van der Waals surface area contributed by atoms with Gasteiger partial charge >= 0.3 is 6.18 Å². The number of hydrogen-bond donors (Lipinski definition) is 1. The third-order valence-corrected chi connectivity index (χ3v) is 7.73. The van der Waals surface area contributed by atoms with Crippen LogP contribution in [-0.4, -0.2) is 21.1 Å². The molecule has 1 N–H and O–H groups in total. The van der Waals surface area contributed by atoms with Crippen LogP contribution < -0.4 is 10.1 Å². The van der Waals surface area contributed by atoms with E-state index in [4.69, 9.17) is 9.72 Å². The number of thiazole rings is 1. The molecule has 36 heavy (non-hydrogen) atoms. The molecule has 1 fully saturated rings. The average Bonchev–Trinajstić information content (AvgIpc) is 3.62. The maximum absolute atomic E-state index is 13.7. The lowest BCUT2D eigenvalue weighted by atomic mass is 9.97. The van der Waals surface area contributed by atoms with Crippen LogP contribution in [0.4, 0.5) is 13.2 Å². The van der Waals surface area contributed by atoms with Crippen LogP contribution in [0.5, 0.6) is 11.6 Å². The molecule has 0 aliphatic heterocycles. The lowest BCUT2D eigenvalue weighted by Gasteiger charge is -2.23. The zero-order valence-corrected chi connectivity index (χ0v) is 19.8. The van der Waals surface area contributed by atoms with Gasteiger partial charge in [0.25, 0.3) is 11.8 Å². The molecule has 6 nitrogen and oxygen atoms in total. The number of fused-ring (bicyclic) bond motifs is 2. The van der Waals surface area contributed by atoms with Gasteiger partial charge in [0.2, 0.25) is 0 Å². The largest absolute Gasteiger partial charge is 0.437 e. The molecule has 0 spiro atoms. The molecule has 0 unspecified atom stereocenters. The Labute approximate surface area is 208 Å². The van der Waals surface area contributed by atoms with E-state index in [1.54, 1.807) is 35.6 Å². The number of ether oxygens (including phenoxy) is 1. The van der Waals surface area contributed by atoms with Crippen LogP contribution in [0.3, 0.4) is 0 Å². The summed E-state index contributed by atoms with van der Waals surface area (Å²) >= 11 is 1.74. The lowest BCUT2D eigenvalue weighted by molar-refractivity contribution is -0.137. The molecule has 2 aromatic carbocycles. The molecule has 10 heteroatoms. The van der Waals surface area contributed by atoms with E-state index in [1.807, 2.05) is 0 Å². The number of alkyl halides is 3. The highest BCUT2D eigenvalue weighted by Gasteiger charge is 2.34. The molecule has 0 bridgehead atoms. The first kappa shape index (κ1) is 22.9. The zero-order valence-electron chi connectivity index (χ0n) is 19.0. The van der Waals surface area contributed by atoms with Gasteiger partial charge in [-0.25, -0.2) is 4.98 Å². The molecule has 1 saturated carbocycles. The molecule has 6 rings (SSSR count). The van der Waals surface area contributed by atoms with Gasteiger partial charge in [0.15, 0.2) is 0 Å². The zero-order chi connectivity index (χ0) is 24.9. The highest BCUT2D eigenvalue weighted by atomic mass is 32.1. The minimum Gasteiger partial charge on any atom is -0.437 e. The van der Waals surface area contributed by atoms with Gasteiger partial charge in [-0.2, -0.15) is 13.2 Å². The fourth-order valence-corrected chi connectivity index (χ4v) is 5.83. The number of amides is 1. The smallest absolute Gasteiger partial charge is 0.416 e. The van der Waals surface area contributed by atoms with Crippen molar-refractivity contribution in [1.29, 1.82) is 0 Å². The van der Waals surface area contributed by atoms with E-state index in [9.17, 15) is 18.0 Å². The van der Waals surface area contributed by atoms with Crippen LogP contribution >= 0.6 is 11.3 Å². The number of hydrogen-bond acceptors (Lipinski definition) is 6. The number of aryl methyl sites for hydroxylation is 1. The Morgan fingerprint density at radius 2 is 1.89 bits per heavy atom. The van der Waals surface area contributed by atoms with Crippen LogP contribution in [0.2, 0.25) is 0 Å². The summed E-state index contributed by atoms with van der Waals surface area (Å²) in [5, 5.41) is 12.9. The van der Waals surface area contributed by atoms with Crippen LogP contribution in [-0.2, 0) is 12.6 Å². The first-order chi connectivity index (χ1) is 17.4. The van der Waals surface area contributed by atoms with Gasteiger partial charge in [-0.3, -0.25) is 4.79 Å². The normalized spacial score (nSPS) is 17.6. The molecule has 0 saturated heterocycles. The Kier molecular flexibility index (Phi) is 5.63. The Hall–Kier alpha value is -3.53. The van der Waals surface area contributed by atoms with E-state index < -0.39 is 17.6 Å². The fourth-order valence-electron chi connectivity index (χ4n) is 4.49. The van der Waals surface area contributed by atoms with Crippen molar-refractivity contribution in [1.82, 2.24) is 20.5 Å². The molecule has 1 amide bonds. The first-order valence-electron chi connectivity index (χ1n) is 11.8. The maximum Gasteiger partial charge on any atom is 0.416 e. The first-order valence-corrected chi connectivity index (χ1v) is 12.6. The van der Waals surface area contributed by atoms with Crippen molar-refractivity contribution in [3.8, 4) is 11.6 Å². The van der Waals surface area contributed by atoms with E-state index >= 15 is 0 Å². The summed E-state index contributed by atoms with van der Waals surface area (Å²) < 4.78 is 45.3. The molecule has 4 aromatic rings. The molecular formula is C26H21F3N4O2S. The summed E-state index contributed by atoms with van der Waals surface area (Å²) in [6, 6.07) is 11.2. The second-order valence-corrected chi connectivity index (χ2v) is 10.2. The highest BCUT2D eigenvalue weighted by molar-refractivity contribution is 7.11. The van der Waals surface area contributed by atoms with Gasteiger partial charge < -0.3 is 10.1 Å². The molecular weight excluding hydrogens is 489 g/mol. The van der Waals surface area contributed by atoms with Gasteiger partial charge in [0.05, 0.1) is 27.8 Å². The summed E-state index contributed by atoms with van der Waals surface area (Å²) in [5.74, 6) is -0.129. The van der Waals surface area contributed by atoms with E-state index in [-0.39, 0.29) is 23.2 Å². The van der Waals surface area contributed by atoms with Crippen molar-refractivity contribution in [3.05, 3.63) is 75.2 Å². The van der Waals surface area contributed by atoms with E-state index in [0.717, 1.165) is 54.9 Å². The van der Waals surface area contributed by atoms with Gasteiger partial charge in [0.1, 0.15) is 11.3 Å². The van der Waals surface area contributed by atoms with Crippen molar-refractivity contribution in [2.75, 3.05) is 0 Å². The maximum atomic E-state index is 13.7. The van der Waals surface area contributed by atoms with Crippen LogP contribution in [0.15, 0.2) is 48.5 Å². The Bertz CT molecular complexity index is 1470. The molecule has 0 radical (unpaired) electrons. The topological polar surface area (TPSA) is 77.0 Å². The predicted octanol–water partition coefficient (Wildman–Crippen LogP) is 6.58. The van der Waals surface area contributed by atoms with E-state index in [0.29, 0.717) is 16.8 Å². The van der Waals surface area contributed by atoms with Gasteiger partial charge in [-0.1, -0.05) is 24.3 Å². The second-order valence-electron chi connectivity index (χ2n) is 9.08. The fraction of sp³-hybridized carbons (Fsp3) is 0.308. The number of carbonyl (C=O) groups is 1. The van der Waals surface area contributed by atoms with Crippen LogP contribution in [0.25, 0.3) is 10.9 Å². The SMILES string of the molecule is O=C(N[C@H]1CCCc2sc(C3CC3)nc21)c1c(Oc2cccc(C(F)(F)F)c2)nnc2ccccc12. The number of nitrogens with zero attached hydrogens (tertiary/aromatic N) is 3. The van der Waals surface area contributed by atoms with Crippen molar-refractivity contribution >= 4 is 28.1 Å². The summed E-state index contributed by atoms with van der Waals surface area (Å²) in [6.45, 7) is 0. The summed E-state index contributed by atoms with van der Waals surface area (Å²) in [4.78, 5) is 19.7. The monoisotopic (exact) mass is 510 g/mol. The molecule has 2 aliphatic carbocycles. The van der Waals surface area contributed by atoms with Gasteiger partial charge in [0, 0.05) is 16.2 Å². The van der Waals surface area contributed by atoms with E-state index in [2.05, 4.69) is 15.5 Å². The number of halogens is 3. The van der Waals surface area contributed by atoms with Crippen LogP contribution in [0, 0.1) is 0 Å². The van der Waals surface area contributed by atoms with Crippen molar-refractivity contribution in [2.45, 2.75) is 50.2 Å². The van der Waals surface area contributed by atoms with Crippen LogP contribution in [0.1, 0.15) is 69.1 Å². The van der Waals surface area contributed by atoms with Gasteiger partial charge in [-0.15, -0.1) is 21.5 Å². The minimum absolute atomic E-state index is 0.0861. The summed E-state index contributed by atoms with van der Waals surface area (Å²) in [7, 11) is 0. The molecule has 2 aliphatic rings. The summed E-state index contributed by atoms with van der Waals surface area (Å²) in [5.41, 5.74) is 0.675. The third-order valence-electron chi connectivity index (χ3n) is 6.44. The minimum atomic E-state index is -4.53. The van der Waals surface area contributed by atoms with Crippen molar-refractivity contribution in [3.63, 3.8) is 0 Å². The number of aromatic nitrogens is 3.